The van der Waals surface area contributed by atoms with E-state index in [1.54, 1.807) is 11.3 Å². The first-order chi connectivity index (χ1) is 6.77. The highest BCUT2D eigenvalue weighted by atomic mass is 32.1. The zero-order chi connectivity index (χ0) is 10.4. The van der Waals surface area contributed by atoms with Crippen molar-refractivity contribution in [2.45, 2.75) is 39.2 Å². The summed E-state index contributed by atoms with van der Waals surface area (Å²) in [6.45, 7) is 4.61. The van der Waals surface area contributed by atoms with E-state index >= 15 is 0 Å². The minimum Gasteiger partial charge on any atom is -0.313 e. The highest BCUT2D eigenvalue weighted by Gasteiger charge is 2.12. The summed E-state index contributed by atoms with van der Waals surface area (Å²) in [5, 5.41) is 7.81. The molecule has 1 heterocycles. The first-order valence-electron chi connectivity index (χ1n) is 5.47. The average molecular weight is 211 g/mol. The van der Waals surface area contributed by atoms with Crippen LogP contribution in [0.5, 0.6) is 0 Å². The fourth-order valence-electron chi connectivity index (χ4n) is 1.91. The molecule has 0 amide bonds. The normalized spacial score (nSPS) is 15.4. The SMILES string of the molecule is CCCC(C)CC(NC)c1ccsc1. The minimum absolute atomic E-state index is 0.544. The number of hydrogen-bond acceptors (Lipinski definition) is 2. The second-order valence-electron chi connectivity index (χ2n) is 4.03. The summed E-state index contributed by atoms with van der Waals surface area (Å²) in [5.74, 6) is 0.817. The average Bonchev–Trinajstić information content (AvgIpc) is 2.67. The highest BCUT2D eigenvalue weighted by Crippen LogP contribution is 2.24. The second-order valence-corrected chi connectivity index (χ2v) is 4.81. The van der Waals surface area contributed by atoms with Crippen molar-refractivity contribution in [2.75, 3.05) is 7.05 Å². The Morgan fingerprint density at radius 1 is 1.50 bits per heavy atom. The summed E-state index contributed by atoms with van der Waals surface area (Å²) >= 11 is 1.78. The molecular formula is C12H21NS. The maximum Gasteiger partial charge on any atom is 0.0328 e. The number of hydrogen-bond donors (Lipinski definition) is 1. The van der Waals surface area contributed by atoms with Gasteiger partial charge in [0, 0.05) is 6.04 Å². The fraction of sp³-hybridized carbons (Fsp3) is 0.667. The summed E-state index contributed by atoms with van der Waals surface area (Å²) in [6, 6.07) is 2.77. The summed E-state index contributed by atoms with van der Waals surface area (Å²) in [5.41, 5.74) is 1.44. The first-order valence-corrected chi connectivity index (χ1v) is 6.41. The van der Waals surface area contributed by atoms with Gasteiger partial charge >= 0.3 is 0 Å². The Morgan fingerprint density at radius 3 is 2.79 bits per heavy atom. The van der Waals surface area contributed by atoms with Gasteiger partial charge in [0.1, 0.15) is 0 Å². The molecule has 2 heteroatoms. The Labute approximate surface area is 91.5 Å². The monoisotopic (exact) mass is 211 g/mol. The quantitative estimate of drug-likeness (QED) is 0.754. The van der Waals surface area contributed by atoms with E-state index < -0.39 is 0 Å². The molecule has 0 fully saturated rings. The van der Waals surface area contributed by atoms with Gasteiger partial charge in [-0.25, -0.2) is 0 Å². The maximum absolute atomic E-state index is 3.40. The first kappa shape index (κ1) is 11.7. The fourth-order valence-corrected chi connectivity index (χ4v) is 2.62. The molecule has 0 saturated heterocycles. The van der Waals surface area contributed by atoms with Gasteiger partial charge in [-0.2, -0.15) is 11.3 Å². The van der Waals surface area contributed by atoms with Crippen molar-refractivity contribution >= 4 is 11.3 Å². The zero-order valence-electron chi connectivity index (χ0n) is 9.42. The van der Waals surface area contributed by atoms with Crippen LogP contribution in [0.4, 0.5) is 0 Å². The smallest absolute Gasteiger partial charge is 0.0328 e. The minimum atomic E-state index is 0.544. The lowest BCUT2D eigenvalue weighted by molar-refractivity contribution is 0.407. The van der Waals surface area contributed by atoms with E-state index in [0.29, 0.717) is 6.04 Å². The van der Waals surface area contributed by atoms with Gasteiger partial charge in [0.2, 0.25) is 0 Å². The molecule has 2 atom stereocenters. The predicted molar refractivity (Wildman–Crippen MR) is 64.8 cm³/mol. The Morgan fingerprint density at radius 2 is 2.29 bits per heavy atom. The summed E-state index contributed by atoms with van der Waals surface area (Å²) < 4.78 is 0. The Hall–Kier alpha value is -0.340. The van der Waals surface area contributed by atoms with Crippen molar-refractivity contribution in [1.82, 2.24) is 5.32 Å². The molecular weight excluding hydrogens is 190 g/mol. The van der Waals surface area contributed by atoms with Crippen LogP contribution in [0.25, 0.3) is 0 Å². The molecule has 1 rings (SSSR count). The van der Waals surface area contributed by atoms with E-state index in [1.807, 2.05) is 0 Å². The van der Waals surface area contributed by atoms with Crippen LogP contribution in [0.3, 0.4) is 0 Å². The van der Waals surface area contributed by atoms with Crippen LogP contribution < -0.4 is 5.32 Å². The zero-order valence-corrected chi connectivity index (χ0v) is 10.2. The number of thiophene rings is 1. The highest BCUT2D eigenvalue weighted by molar-refractivity contribution is 7.07. The Balaban J connectivity index is 2.47. The molecule has 1 aromatic rings. The van der Waals surface area contributed by atoms with Gasteiger partial charge in [-0.1, -0.05) is 26.7 Å². The van der Waals surface area contributed by atoms with Crippen molar-refractivity contribution in [3.8, 4) is 0 Å². The standard InChI is InChI=1S/C12H21NS/c1-4-5-10(2)8-12(13-3)11-6-7-14-9-11/h6-7,9-10,12-13H,4-5,8H2,1-3H3. The Kier molecular flexibility index (Phi) is 5.20. The third-order valence-electron chi connectivity index (χ3n) is 2.71. The number of rotatable bonds is 6. The lowest BCUT2D eigenvalue weighted by Gasteiger charge is -2.19. The van der Waals surface area contributed by atoms with E-state index in [-0.39, 0.29) is 0 Å². The molecule has 0 aliphatic heterocycles. The molecule has 1 aromatic heterocycles. The molecule has 2 unspecified atom stereocenters. The van der Waals surface area contributed by atoms with Gasteiger partial charge in [-0.15, -0.1) is 0 Å². The van der Waals surface area contributed by atoms with E-state index in [9.17, 15) is 0 Å². The predicted octanol–water partition coefficient (Wildman–Crippen LogP) is 3.83. The largest absolute Gasteiger partial charge is 0.313 e. The van der Waals surface area contributed by atoms with E-state index in [2.05, 4.69) is 43.0 Å². The molecule has 80 valence electrons. The lowest BCUT2D eigenvalue weighted by atomic mass is 9.94. The van der Waals surface area contributed by atoms with Gasteiger partial charge < -0.3 is 5.32 Å². The molecule has 14 heavy (non-hydrogen) atoms. The summed E-state index contributed by atoms with van der Waals surface area (Å²) in [7, 11) is 2.06. The van der Waals surface area contributed by atoms with Crippen molar-refractivity contribution in [3.05, 3.63) is 22.4 Å². The van der Waals surface area contributed by atoms with Gasteiger partial charge in [0.05, 0.1) is 0 Å². The van der Waals surface area contributed by atoms with E-state index in [0.717, 1.165) is 5.92 Å². The second kappa shape index (κ2) is 6.20. The molecule has 0 aliphatic carbocycles. The number of nitrogens with one attached hydrogen (secondary N) is 1. The molecule has 0 radical (unpaired) electrons. The van der Waals surface area contributed by atoms with E-state index in [4.69, 9.17) is 0 Å². The molecule has 0 bridgehead atoms. The van der Waals surface area contributed by atoms with Crippen LogP contribution in [0, 0.1) is 5.92 Å². The van der Waals surface area contributed by atoms with Crippen LogP contribution in [-0.2, 0) is 0 Å². The molecule has 1 nitrogen and oxygen atoms in total. The third-order valence-corrected chi connectivity index (χ3v) is 3.42. The topological polar surface area (TPSA) is 12.0 Å². The summed E-state index contributed by atoms with van der Waals surface area (Å²) in [6.07, 6.45) is 3.88. The van der Waals surface area contributed by atoms with Crippen LogP contribution in [0.1, 0.15) is 44.7 Å². The Bertz CT molecular complexity index is 230. The molecule has 0 saturated carbocycles. The maximum atomic E-state index is 3.40. The van der Waals surface area contributed by atoms with Crippen molar-refractivity contribution in [2.24, 2.45) is 5.92 Å². The van der Waals surface area contributed by atoms with E-state index in [1.165, 1.54) is 24.8 Å². The van der Waals surface area contributed by atoms with Crippen LogP contribution >= 0.6 is 11.3 Å². The van der Waals surface area contributed by atoms with Gasteiger partial charge in [0.15, 0.2) is 0 Å². The van der Waals surface area contributed by atoms with Gasteiger partial charge in [-0.3, -0.25) is 0 Å². The van der Waals surface area contributed by atoms with Crippen LogP contribution in [0.2, 0.25) is 0 Å². The van der Waals surface area contributed by atoms with Crippen molar-refractivity contribution < 1.29 is 0 Å². The molecule has 0 aliphatic rings. The van der Waals surface area contributed by atoms with Crippen molar-refractivity contribution in [1.29, 1.82) is 0 Å². The molecule has 1 N–H and O–H groups in total. The van der Waals surface area contributed by atoms with Crippen LogP contribution in [-0.4, -0.2) is 7.05 Å². The van der Waals surface area contributed by atoms with Gasteiger partial charge in [-0.05, 0) is 41.8 Å². The lowest BCUT2D eigenvalue weighted by Crippen LogP contribution is -2.18. The molecule has 0 spiro atoms. The van der Waals surface area contributed by atoms with Crippen molar-refractivity contribution in [3.63, 3.8) is 0 Å². The molecule has 0 aromatic carbocycles. The van der Waals surface area contributed by atoms with Crippen LogP contribution in [0.15, 0.2) is 16.8 Å². The van der Waals surface area contributed by atoms with Gasteiger partial charge in [0.25, 0.3) is 0 Å². The summed E-state index contributed by atoms with van der Waals surface area (Å²) in [4.78, 5) is 0. The third kappa shape index (κ3) is 3.43.